The average molecular weight is 230 g/mol. The summed E-state index contributed by atoms with van der Waals surface area (Å²) in [7, 11) is 0. The highest BCUT2D eigenvalue weighted by Gasteiger charge is 2.14. The minimum absolute atomic E-state index is 0.246. The summed E-state index contributed by atoms with van der Waals surface area (Å²) in [5.41, 5.74) is 5.26. The molecule has 0 aliphatic carbocycles. The second-order valence-electron chi connectivity index (χ2n) is 4.61. The van der Waals surface area contributed by atoms with E-state index < -0.39 is 0 Å². The van der Waals surface area contributed by atoms with Crippen molar-refractivity contribution in [2.45, 2.75) is 52.7 Å². The number of likely N-dealkylation sites (N-methyl/N-ethyl adjacent to an activating group) is 1. The lowest BCUT2D eigenvalue weighted by Gasteiger charge is -2.18. The molecule has 0 rings (SSSR count). The topological polar surface area (TPSA) is 64.3 Å². The molecule has 0 bridgehead atoms. The van der Waals surface area contributed by atoms with E-state index in [1.165, 1.54) is 0 Å². The van der Waals surface area contributed by atoms with Crippen molar-refractivity contribution in [2.75, 3.05) is 13.2 Å². The number of hydrogen-bond acceptors (Lipinski definition) is 3. The number of nitrogens with one attached hydrogen (secondary N) is 1. The van der Waals surface area contributed by atoms with Gasteiger partial charge in [-0.2, -0.15) is 0 Å². The average Bonchev–Trinajstić information content (AvgIpc) is 2.15. The van der Waals surface area contributed by atoms with Crippen LogP contribution >= 0.6 is 0 Å². The number of amides is 1. The maximum atomic E-state index is 11.0. The SMILES string of the molecule is CCNC(CCOC(C)CC(C)C)C(N)=O. The molecule has 0 saturated carbocycles. The first kappa shape index (κ1) is 15.4. The predicted octanol–water partition coefficient (Wildman–Crippen LogP) is 1.29. The molecule has 0 fully saturated rings. The molecular formula is C12H26N2O2. The van der Waals surface area contributed by atoms with Crippen LogP contribution in [0.3, 0.4) is 0 Å². The van der Waals surface area contributed by atoms with Crippen molar-refractivity contribution in [2.24, 2.45) is 11.7 Å². The van der Waals surface area contributed by atoms with E-state index in [-0.39, 0.29) is 18.1 Å². The molecule has 16 heavy (non-hydrogen) atoms. The molecule has 1 amide bonds. The fraction of sp³-hybridized carbons (Fsp3) is 0.917. The smallest absolute Gasteiger partial charge is 0.234 e. The molecular weight excluding hydrogens is 204 g/mol. The Morgan fingerprint density at radius 3 is 2.44 bits per heavy atom. The summed E-state index contributed by atoms with van der Waals surface area (Å²) in [5, 5.41) is 3.04. The third-order valence-electron chi connectivity index (χ3n) is 2.41. The van der Waals surface area contributed by atoms with Gasteiger partial charge in [0.15, 0.2) is 0 Å². The fourth-order valence-corrected chi connectivity index (χ4v) is 1.71. The van der Waals surface area contributed by atoms with Crippen LogP contribution in [0.4, 0.5) is 0 Å². The summed E-state index contributed by atoms with van der Waals surface area (Å²) in [6, 6.07) is -0.267. The zero-order chi connectivity index (χ0) is 12.6. The normalized spacial score (nSPS) is 15.1. The molecule has 2 unspecified atom stereocenters. The quantitative estimate of drug-likeness (QED) is 0.627. The molecule has 0 aliphatic rings. The van der Waals surface area contributed by atoms with Gasteiger partial charge in [0.1, 0.15) is 0 Å². The maximum absolute atomic E-state index is 11.0. The van der Waals surface area contributed by atoms with Gasteiger partial charge in [0.25, 0.3) is 0 Å². The van der Waals surface area contributed by atoms with Crippen LogP contribution in [0, 0.1) is 5.92 Å². The Labute approximate surface area is 98.9 Å². The molecule has 0 heterocycles. The number of hydrogen-bond donors (Lipinski definition) is 2. The molecule has 0 spiro atoms. The highest BCUT2D eigenvalue weighted by atomic mass is 16.5. The van der Waals surface area contributed by atoms with Crippen molar-refractivity contribution in [1.82, 2.24) is 5.32 Å². The minimum atomic E-state index is -0.304. The second kappa shape index (κ2) is 8.53. The molecule has 96 valence electrons. The summed E-state index contributed by atoms with van der Waals surface area (Å²) in [6.45, 7) is 9.68. The van der Waals surface area contributed by atoms with Gasteiger partial charge in [-0.15, -0.1) is 0 Å². The third-order valence-corrected chi connectivity index (χ3v) is 2.41. The zero-order valence-electron chi connectivity index (χ0n) is 11.0. The van der Waals surface area contributed by atoms with Crippen LogP contribution in [0.2, 0.25) is 0 Å². The van der Waals surface area contributed by atoms with E-state index in [9.17, 15) is 4.79 Å². The van der Waals surface area contributed by atoms with Crippen LogP contribution in [-0.4, -0.2) is 31.2 Å². The van der Waals surface area contributed by atoms with Gasteiger partial charge in [-0.25, -0.2) is 0 Å². The monoisotopic (exact) mass is 230 g/mol. The van der Waals surface area contributed by atoms with Crippen molar-refractivity contribution < 1.29 is 9.53 Å². The van der Waals surface area contributed by atoms with Gasteiger partial charge in [-0.1, -0.05) is 20.8 Å². The molecule has 2 atom stereocenters. The van der Waals surface area contributed by atoms with E-state index in [4.69, 9.17) is 10.5 Å². The summed E-state index contributed by atoms with van der Waals surface area (Å²) in [5.74, 6) is 0.331. The van der Waals surface area contributed by atoms with Crippen LogP contribution in [-0.2, 0) is 9.53 Å². The third kappa shape index (κ3) is 7.65. The number of carbonyl (C=O) groups excluding carboxylic acids is 1. The van der Waals surface area contributed by atoms with Crippen molar-refractivity contribution in [1.29, 1.82) is 0 Å². The van der Waals surface area contributed by atoms with Crippen molar-refractivity contribution in [3.8, 4) is 0 Å². The minimum Gasteiger partial charge on any atom is -0.378 e. The highest BCUT2D eigenvalue weighted by molar-refractivity contribution is 5.79. The van der Waals surface area contributed by atoms with E-state index in [0.717, 1.165) is 13.0 Å². The number of carbonyl (C=O) groups is 1. The standard InChI is InChI=1S/C12H26N2O2/c1-5-14-11(12(13)15)6-7-16-10(4)8-9(2)3/h9-11,14H,5-8H2,1-4H3,(H2,13,15). The molecule has 0 radical (unpaired) electrons. The van der Waals surface area contributed by atoms with Crippen LogP contribution in [0.1, 0.15) is 40.5 Å². The predicted molar refractivity (Wildman–Crippen MR) is 66.1 cm³/mol. The molecule has 0 aromatic carbocycles. The van der Waals surface area contributed by atoms with Gasteiger partial charge >= 0.3 is 0 Å². The fourth-order valence-electron chi connectivity index (χ4n) is 1.71. The van der Waals surface area contributed by atoms with E-state index in [1.54, 1.807) is 0 Å². The Hall–Kier alpha value is -0.610. The molecule has 3 N–H and O–H groups in total. The van der Waals surface area contributed by atoms with Gasteiger partial charge in [-0.3, -0.25) is 4.79 Å². The molecule has 0 aromatic heterocycles. The summed E-state index contributed by atoms with van der Waals surface area (Å²) in [6.07, 6.45) is 1.93. The lowest BCUT2D eigenvalue weighted by Crippen LogP contribution is -2.42. The Kier molecular flexibility index (Phi) is 8.21. The van der Waals surface area contributed by atoms with Gasteiger partial charge < -0.3 is 15.8 Å². The van der Waals surface area contributed by atoms with Gasteiger partial charge in [-0.05, 0) is 32.2 Å². The van der Waals surface area contributed by atoms with Crippen LogP contribution in [0.5, 0.6) is 0 Å². The Balaban J connectivity index is 3.72. The largest absolute Gasteiger partial charge is 0.378 e. The number of ether oxygens (including phenoxy) is 1. The van der Waals surface area contributed by atoms with E-state index >= 15 is 0 Å². The molecule has 0 aromatic rings. The Morgan fingerprint density at radius 1 is 1.38 bits per heavy atom. The molecule has 0 aliphatic heterocycles. The first-order chi connectivity index (χ1) is 7.47. The number of nitrogens with two attached hydrogens (primary N) is 1. The van der Waals surface area contributed by atoms with Crippen molar-refractivity contribution in [3.63, 3.8) is 0 Å². The second-order valence-corrected chi connectivity index (χ2v) is 4.61. The van der Waals surface area contributed by atoms with Crippen molar-refractivity contribution in [3.05, 3.63) is 0 Å². The van der Waals surface area contributed by atoms with Crippen LogP contribution in [0.15, 0.2) is 0 Å². The van der Waals surface area contributed by atoms with E-state index in [1.807, 2.05) is 6.92 Å². The van der Waals surface area contributed by atoms with Crippen LogP contribution in [0.25, 0.3) is 0 Å². The number of rotatable bonds is 9. The van der Waals surface area contributed by atoms with Gasteiger partial charge in [0.2, 0.25) is 5.91 Å². The zero-order valence-corrected chi connectivity index (χ0v) is 11.0. The summed E-state index contributed by atoms with van der Waals surface area (Å²) >= 11 is 0. The lowest BCUT2D eigenvalue weighted by molar-refractivity contribution is -0.120. The summed E-state index contributed by atoms with van der Waals surface area (Å²) in [4.78, 5) is 11.0. The maximum Gasteiger partial charge on any atom is 0.234 e. The Morgan fingerprint density at radius 2 is 2.00 bits per heavy atom. The Bertz CT molecular complexity index is 195. The van der Waals surface area contributed by atoms with E-state index in [2.05, 4.69) is 26.1 Å². The highest BCUT2D eigenvalue weighted by Crippen LogP contribution is 2.08. The molecule has 4 heteroatoms. The molecule has 0 saturated heterocycles. The molecule has 4 nitrogen and oxygen atoms in total. The summed E-state index contributed by atoms with van der Waals surface area (Å²) < 4.78 is 5.63. The van der Waals surface area contributed by atoms with E-state index in [0.29, 0.717) is 18.9 Å². The first-order valence-corrected chi connectivity index (χ1v) is 6.11. The number of primary amides is 1. The van der Waals surface area contributed by atoms with Crippen LogP contribution < -0.4 is 11.1 Å². The van der Waals surface area contributed by atoms with Gasteiger partial charge in [0.05, 0.1) is 12.1 Å². The lowest BCUT2D eigenvalue weighted by atomic mass is 10.1. The first-order valence-electron chi connectivity index (χ1n) is 6.11. The van der Waals surface area contributed by atoms with Crippen molar-refractivity contribution >= 4 is 5.91 Å². The van der Waals surface area contributed by atoms with Gasteiger partial charge in [0, 0.05) is 6.61 Å².